The number of hydrogen-bond donors (Lipinski definition) is 2. The molecule has 0 amide bonds. The topological polar surface area (TPSA) is 63.3 Å². The van der Waals surface area contributed by atoms with Crippen molar-refractivity contribution >= 4 is 5.78 Å². The first-order chi connectivity index (χ1) is 4.70. The molecule has 0 rings (SSSR count). The van der Waals surface area contributed by atoms with Gasteiger partial charge in [-0.3, -0.25) is 4.79 Å². The zero-order valence-electron chi connectivity index (χ0n) is 6.34. The van der Waals surface area contributed by atoms with Crippen molar-refractivity contribution in [1.29, 1.82) is 0 Å². The van der Waals surface area contributed by atoms with Crippen LogP contribution in [0.1, 0.15) is 26.2 Å². The molecule has 60 valence electrons. The number of rotatable bonds is 5. The fourth-order valence-electron chi connectivity index (χ4n) is 0.781. The summed E-state index contributed by atoms with van der Waals surface area (Å²) in [6.07, 6.45) is 1.32. The normalized spacial score (nSPS) is 13.1. The zero-order chi connectivity index (χ0) is 7.98. The van der Waals surface area contributed by atoms with Gasteiger partial charge in [0, 0.05) is 6.42 Å². The summed E-state index contributed by atoms with van der Waals surface area (Å²) in [5, 5.41) is 9.07. The standard InChI is InChI=1S/C7H15NO2/c1-2-3-6(9)4-7(10)5-8/h6,9H,2-5,8H2,1H3. The molecule has 0 fully saturated rings. The van der Waals surface area contributed by atoms with E-state index in [2.05, 4.69) is 0 Å². The molecule has 0 aromatic rings. The summed E-state index contributed by atoms with van der Waals surface area (Å²) in [6.45, 7) is 2.01. The average Bonchev–Trinajstić information content (AvgIpc) is 1.88. The molecule has 3 nitrogen and oxygen atoms in total. The Morgan fingerprint density at radius 2 is 2.30 bits per heavy atom. The molecule has 1 atom stereocenters. The molecule has 0 aliphatic carbocycles. The molecule has 0 bridgehead atoms. The third-order valence-electron chi connectivity index (χ3n) is 1.31. The molecule has 0 radical (unpaired) electrons. The summed E-state index contributed by atoms with van der Waals surface area (Å²) < 4.78 is 0. The number of carbonyl (C=O) groups excluding carboxylic acids is 1. The van der Waals surface area contributed by atoms with Gasteiger partial charge in [0.25, 0.3) is 0 Å². The zero-order valence-corrected chi connectivity index (χ0v) is 6.34. The second-order valence-corrected chi connectivity index (χ2v) is 2.39. The molecule has 0 saturated heterocycles. The van der Waals surface area contributed by atoms with E-state index in [-0.39, 0.29) is 18.7 Å². The van der Waals surface area contributed by atoms with Crippen molar-refractivity contribution in [2.75, 3.05) is 6.54 Å². The SMILES string of the molecule is CCCC(O)CC(=O)CN. The van der Waals surface area contributed by atoms with Crippen LogP contribution in [0.4, 0.5) is 0 Å². The van der Waals surface area contributed by atoms with E-state index < -0.39 is 6.10 Å². The predicted molar refractivity (Wildman–Crippen MR) is 39.6 cm³/mol. The monoisotopic (exact) mass is 145 g/mol. The van der Waals surface area contributed by atoms with Crippen LogP contribution in [0.15, 0.2) is 0 Å². The molecular weight excluding hydrogens is 130 g/mol. The summed E-state index contributed by atoms with van der Waals surface area (Å²) in [7, 11) is 0. The van der Waals surface area contributed by atoms with Gasteiger partial charge in [-0.1, -0.05) is 13.3 Å². The van der Waals surface area contributed by atoms with E-state index in [1.54, 1.807) is 0 Å². The van der Waals surface area contributed by atoms with Crippen LogP contribution in [0.5, 0.6) is 0 Å². The third kappa shape index (κ3) is 4.47. The highest BCUT2D eigenvalue weighted by molar-refractivity contribution is 5.80. The molecule has 0 aromatic heterocycles. The van der Waals surface area contributed by atoms with Crippen molar-refractivity contribution in [3.05, 3.63) is 0 Å². The van der Waals surface area contributed by atoms with Crippen LogP contribution in [-0.2, 0) is 4.79 Å². The van der Waals surface area contributed by atoms with Crippen LogP contribution in [-0.4, -0.2) is 23.5 Å². The molecule has 3 heteroatoms. The van der Waals surface area contributed by atoms with Gasteiger partial charge in [0.1, 0.15) is 5.78 Å². The number of Topliss-reactive ketones (excluding diaryl/α,β-unsaturated/α-hetero) is 1. The maximum absolute atomic E-state index is 10.6. The maximum atomic E-state index is 10.6. The van der Waals surface area contributed by atoms with E-state index in [0.717, 1.165) is 6.42 Å². The van der Waals surface area contributed by atoms with Gasteiger partial charge < -0.3 is 10.8 Å². The molecular formula is C7H15NO2. The lowest BCUT2D eigenvalue weighted by atomic mass is 10.1. The minimum atomic E-state index is -0.485. The lowest BCUT2D eigenvalue weighted by Gasteiger charge is -2.05. The molecule has 1 unspecified atom stereocenters. The lowest BCUT2D eigenvalue weighted by molar-refractivity contribution is -0.119. The predicted octanol–water partition coefficient (Wildman–Crippen LogP) is 0.0653. The van der Waals surface area contributed by atoms with Gasteiger partial charge in [0.2, 0.25) is 0 Å². The Balaban J connectivity index is 3.37. The van der Waals surface area contributed by atoms with Crippen molar-refractivity contribution < 1.29 is 9.90 Å². The lowest BCUT2D eigenvalue weighted by Crippen LogP contribution is -2.20. The molecule has 0 aromatic carbocycles. The quantitative estimate of drug-likeness (QED) is 0.575. The Hall–Kier alpha value is -0.410. The van der Waals surface area contributed by atoms with Gasteiger partial charge in [0.05, 0.1) is 12.6 Å². The first-order valence-electron chi connectivity index (χ1n) is 3.60. The molecule has 0 aliphatic heterocycles. The number of ketones is 1. The molecule has 3 N–H and O–H groups in total. The fourth-order valence-corrected chi connectivity index (χ4v) is 0.781. The minimum absolute atomic E-state index is 0.0424. The van der Waals surface area contributed by atoms with Crippen molar-refractivity contribution in [3.8, 4) is 0 Å². The van der Waals surface area contributed by atoms with Gasteiger partial charge in [-0.25, -0.2) is 0 Å². The van der Waals surface area contributed by atoms with E-state index in [4.69, 9.17) is 10.8 Å². The highest BCUT2D eigenvalue weighted by Gasteiger charge is 2.07. The highest BCUT2D eigenvalue weighted by Crippen LogP contribution is 2.00. The number of nitrogens with two attached hydrogens (primary N) is 1. The number of aliphatic hydroxyl groups excluding tert-OH is 1. The van der Waals surface area contributed by atoms with Gasteiger partial charge >= 0.3 is 0 Å². The Labute approximate surface area is 61.2 Å². The van der Waals surface area contributed by atoms with Crippen LogP contribution >= 0.6 is 0 Å². The Morgan fingerprint density at radius 1 is 1.70 bits per heavy atom. The Morgan fingerprint density at radius 3 is 2.70 bits per heavy atom. The largest absolute Gasteiger partial charge is 0.393 e. The molecule has 0 aliphatic rings. The highest BCUT2D eigenvalue weighted by atomic mass is 16.3. The fraction of sp³-hybridized carbons (Fsp3) is 0.857. The summed E-state index contributed by atoms with van der Waals surface area (Å²) in [4.78, 5) is 10.6. The smallest absolute Gasteiger partial charge is 0.148 e. The van der Waals surface area contributed by atoms with Crippen LogP contribution < -0.4 is 5.73 Å². The Kier molecular flexibility index (Phi) is 5.16. The van der Waals surface area contributed by atoms with Crippen LogP contribution in [0, 0.1) is 0 Å². The van der Waals surface area contributed by atoms with E-state index in [9.17, 15) is 4.79 Å². The maximum Gasteiger partial charge on any atom is 0.148 e. The van der Waals surface area contributed by atoms with E-state index >= 15 is 0 Å². The number of carbonyl (C=O) groups is 1. The van der Waals surface area contributed by atoms with Crippen molar-refractivity contribution in [2.45, 2.75) is 32.3 Å². The minimum Gasteiger partial charge on any atom is -0.393 e. The van der Waals surface area contributed by atoms with E-state index in [0.29, 0.717) is 6.42 Å². The number of aliphatic hydroxyl groups is 1. The summed E-state index contributed by atoms with van der Waals surface area (Å²) in [6, 6.07) is 0. The first kappa shape index (κ1) is 9.59. The summed E-state index contributed by atoms with van der Waals surface area (Å²) in [5.41, 5.74) is 5.06. The van der Waals surface area contributed by atoms with Crippen molar-refractivity contribution in [3.63, 3.8) is 0 Å². The van der Waals surface area contributed by atoms with Gasteiger partial charge in [-0.2, -0.15) is 0 Å². The van der Waals surface area contributed by atoms with Gasteiger partial charge in [0.15, 0.2) is 0 Å². The van der Waals surface area contributed by atoms with E-state index in [1.165, 1.54) is 0 Å². The van der Waals surface area contributed by atoms with Gasteiger partial charge in [-0.15, -0.1) is 0 Å². The molecule has 0 heterocycles. The summed E-state index contributed by atoms with van der Waals surface area (Å²) >= 11 is 0. The van der Waals surface area contributed by atoms with Crippen LogP contribution in [0.2, 0.25) is 0 Å². The third-order valence-corrected chi connectivity index (χ3v) is 1.31. The average molecular weight is 145 g/mol. The van der Waals surface area contributed by atoms with E-state index in [1.807, 2.05) is 6.92 Å². The van der Waals surface area contributed by atoms with Crippen LogP contribution in [0.25, 0.3) is 0 Å². The second kappa shape index (κ2) is 5.38. The van der Waals surface area contributed by atoms with Gasteiger partial charge in [-0.05, 0) is 6.42 Å². The molecule has 0 spiro atoms. The first-order valence-corrected chi connectivity index (χ1v) is 3.60. The number of hydrogen-bond acceptors (Lipinski definition) is 3. The Bertz CT molecular complexity index is 104. The van der Waals surface area contributed by atoms with Crippen LogP contribution in [0.3, 0.4) is 0 Å². The summed E-state index contributed by atoms with van der Waals surface area (Å²) in [5.74, 6) is -0.0686. The molecule has 10 heavy (non-hydrogen) atoms. The second-order valence-electron chi connectivity index (χ2n) is 2.39. The van der Waals surface area contributed by atoms with Crippen molar-refractivity contribution in [2.24, 2.45) is 5.73 Å². The molecule has 0 saturated carbocycles. The van der Waals surface area contributed by atoms with Crippen molar-refractivity contribution in [1.82, 2.24) is 0 Å².